The molecule has 1 aromatic carbocycles. The Balaban J connectivity index is 2.39. The van der Waals surface area contributed by atoms with E-state index in [-0.39, 0.29) is 10.6 Å². The maximum Gasteiger partial charge on any atom is 0.311 e. The molecule has 0 aromatic heterocycles. The summed E-state index contributed by atoms with van der Waals surface area (Å²) in [5.41, 5.74) is 2.10. The van der Waals surface area contributed by atoms with Crippen LogP contribution < -0.4 is 9.64 Å². The Kier molecular flexibility index (Phi) is 4.44. The summed E-state index contributed by atoms with van der Waals surface area (Å²) < 4.78 is 5.18. The van der Waals surface area contributed by atoms with Crippen LogP contribution >= 0.6 is 0 Å². The number of anilines is 1. The number of aryl methyl sites for hydroxylation is 1. The third kappa shape index (κ3) is 2.85. The van der Waals surface area contributed by atoms with E-state index in [4.69, 9.17) is 4.74 Å². The van der Waals surface area contributed by atoms with Gasteiger partial charge in [-0.15, -0.1) is 0 Å². The van der Waals surface area contributed by atoms with Crippen molar-refractivity contribution in [1.82, 2.24) is 4.90 Å². The van der Waals surface area contributed by atoms with Crippen molar-refractivity contribution >= 4 is 11.4 Å². The van der Waals surface area contributed by atoms with Gasteiger partial charge < -0.3 is 14.5 Å². The van der Waals surface area contributed by atoms with E-state index in [1.165, 1.54) is 7.11 Å². The number of ether oxygens (including phenoxy) is 1. The van der Waals surface area contributed by atoms with Gasteiger partial charge in [0, 0.05) is 44.0 Å². The lowest BCUT2D eigenvalue weighted by atomic mass is 10.1. The van der Waals surface area contributed by atoms with Crippen molar-refractivity contribution < 1.29 is 9.66 Å². The minimum absolute atomic E-state index is 0.0437. The van der Waals surface area contributed by atoms with Crippen molar-refractivity contribution in [3.8, 4) is 5.75 Å². The Labute approximate surface area is 119 Å². The molecular formula is C14H21N3O3. The Morgan fingerprint density at radius 2 is 1.95 bits per heavy atom. The predicted molar refractivity (Wildman–Crippen MR) is 78.7 cm³/mol. The highest BCUT2D eigenvalue weighted by molar-refractivity contribution is 5.64. The fourth-order valence-corrected chi connectivity index (χ4v) is 2.53. The minimum atomic E-state index is -0.383. The first-order valence-corrected chi connectivity index (χ1v) is 6.85. The molecule has 0 atom stereocenters. The fraction of sp³-hybridized carbons (Fsp3) is 0.571. The number of methoxy groups -OCH3 is 1. The van der Waals surface area contributed by atoms with E-state index in [0.717, 1.165) is 43.9 Å². The standard InChI is InChI=1S/C14H21N3O3/c1-4-11-9-13(17(18)19)14(20-3)10-12(11)16-7-5-15(2)6-8-16/h9-10H,4-8H2,1-3H3. The molecule has 110 valence electrons. The van der Waals surface area contributed by atoms with Crippen molar-refractivity contribution in [2.24, 2.45) is 0 Å². The molecule has 20 heavy (non-hydrogen) atoms. The Morgan fingerprint density at radius 1 is 1.30 bits per heavy atom. The van der Waals surface area contributed by atoms with Gasteiger partial charge in [-0.05, 0) is 19.0 Å². The first kappa shape index (κ1) is 14.6. The van der Waals surface area contributed by atoms with Crippen molar-refractivity contribution in [2.75, 3.05) is 45.2 Å². The zero-order chi connectivity index (χ0) is 14.7. The molecule has 0 spiro atoms. The van der Waals surface area contributed by atoms with E-state index in [1.807, 2.05) is 13.0 Å². The lowest BCUT2D eigenvalue weighted by Gasteiger charge is -2.35. The topological polar surface area (TPSA) is 58.9 Å². The minimum Gasteiger partial charge on any atom is -0.490 e. The normalized spacial score (nSPS) is 16.2. The van der Waals surface area contributed by atoms with Crippen LogP contribution in [0.2, 0.25) is 0 Å². The smallest absolute Gasteiger partial charge is 0.311 e. The molecule has 0 N–H and O–H groups in total. The van der Waals surface area contributed by atoms with Crippen LogP contribution in [-0.4, -0.2) is 50.2 Å². The molecule has 2 rings (SSSR count). The Morgan fingerprint density at radius 3 is 2.45 bits per heavy atom. The Bertz CT molecular complexity index is 497. The predicted octanol–water partition coefficient (Wildman–Crippen LogP) is 1.92. The van der Waals surface area contributed by atoms with Crippen LogP contribution in [0.1, 0.15) is 12.5 Å². The summed E-state index contributed by atoms with van der Waals surface area (Å²) in [5, 5.41) is 11.1. The number of hydrogen-bond acceptors (Lipinski definition) is 5. The molecule has 1 aliphatic heterocycles. The number of nitro benzene ring substituents is 1. The second-order valence-corrected chi connectivity index (χ2v) is 5.05. The average molecular weight is 279 g/mol. The largest absolute Gasteiger partial charge is 0.490 e. The fourth-order valence-electron chi connectivity index (χ4n) is 2.53. The first-order valence-electron chi connectivity index (χ1n) is 6.85. The Hall–Kier alpha value is -1.82. The quantitative estimate of drug-likeness (QED) is 0.622. The highest BCUT2D eigenvalue weighted by Crippen LogP contribution is 2.35. The van der Waals surface area contributed by atoms with Crippen LogP contribution in [0.3, 0.4) is 0 Å². The summed E-state index contributed by atoms with van der Waals surface area (Å²) in [4.78, 5) is 15.3. The molecule has 0 unspecified atom stereocenters. The van der Waals surface area contributed by atoms with Gasteiger partial charge in [-0.25, -0.2) is 0 Å². The van der Waals surface area contributed by atoms with Crippen LogP contribution in [0.15, 0.2) is 12.1 Å². The van der Waals surface area contributed by atoms with E-state index in [2.05, 4.69) is 16.8 Å². The molecule has 1 heterocycles. The average Bonchev–Trinajstić information content (AvgIpc) is 2.46. The second kappa shape index (κ2) is 6.09. The molecule has 0 aliphatic carbocycles. The monoisotopic (exact) mass is 279 g/mol. The number of likely N-dealkylation sites (N-methyl/N-ethyl adjacent to an activating group) is 1. The number of benzene rings is 1. The number of piperazine rings is 1. The molecular weight excluding hydrogens is 258 g/mol. The number of hydrogen-bond donors (Lipinski definition) is 0. The number of nitrogens with zero attached hydrogens (tertiary/aromatic N) is 3. The van der Waals surface area contributed by atoms with Gasteiger partial charge in [-0.3, -0.25) is 10.1 Å². The van der Waals surface area contributed by atoms with Gasteiger partial charge in [0.25, 0.3) is 0 Å². The molecule has 0 radical (unpaired) electrons. The first-order chi connectivity index (χ1) is 9.56. The van der Waals surface area contributed by atoms with Gasteiger partial charge in [-0.2, -0.15) is 0 Å². The molecule has 1 fully saturated rings. The van der Waals surface area contributed by atoms with Crippen LogP contribution in [0.25, 0.3) is 0 Å². The summed E-state index contributed by atoms with van der Waals surface area (Å²) in [7, 11) is 3.58. The van der Waals surface area contributed by atoms with Crippen molar-refractivity contribution in [3.05, 3.63) is 27.8 Å². The van der Waals surface area contributed by atoms with Crippen molar-refractivity contribution in [2.45, 2.75) is 13.3 Å². The molecule has 6 heteroatoms. The van der Waals surface area contributed by atoms with Gasteiger partial charge in [0.2, 0.25) is 0 Å². The van der Waals surface area contributed by atoms with Gasteiger partial charge in [0.15, 0.2) is 5.75 Å². The summed E-state index contributed by atoms with van der Waals surface area (Å²) in [6.45, 7) is 5.89. The molecule has 1 saturated heterocycles. The van der Waals surface area contributed by atoms with Gasteiger partial charge in [0.05, 0.1) is 12.0 Å². The maximum atomic E-state index is 11.1. The highest BCUT2D eigenvalue weighted by Gasteiger charge is 2.22. The highest BCUT2D eigenvalue weighted by atomic mass is 16.6. The van der Waals surface area contributed by atoms with Crippen LogP contribution in [0.5, 0.6) is 5.75 Å². The lowest BCUT2D eigenvalue weighted by Crippen LogP contribution is -2.44. The van der Waals surface area contributed by atoms with Gasteiger partial charge in [0.1, 0.15) is 0 Å². The van der Waals surface area contributed by atoms with E-state index in [1.54, 1.807) is 6.07 Å². The van der Waals surface area contributed by atoms with E-state index >= 15 is 0 Å². The third-order valence-electron chi connectivity index (χ3n) is 3.80. The van der Waals surface area contributed by atoms with Gasteiger partial charge >= 0.3 is 5.69 Å². The summed E-state index contributed by atoms with van der Waals surface area (Å²) in [6.07, 6.45) is 0.770. The molecule has 0 saturated carbocycles. The van der Waals surface area contributed by atoms with E-state index < -0.39 is 0 Å². The zero-order valence-corrected chi connectivity index (χ0v) is 12.3. The van der Waals surface area contributed by atoms with Crippen LogP contribution in [0.4, 0.5) is 11.4 Å². The maximum absolute atomic E-state index is 11.1. The zero-order valence-electron chi connectivity index (χ0n) is 12.3. The van der Waals surface area contributed by atoms with E-state index in [9.17, 15) is 10.1 Å². The van der Waals surface area contributed by atoms with Crippen molar-refractivity contribution in [1.29, 1.82) is 0 Å². The SMILES string of the molecule is CCc1cc([N+](=O)[O-])c(OC)cc1N1CCN(C)CC1. The molecule has 6 nitrogen and oxygen atoms in total. The molecule has 0 amide bonds. The van der Waals surface area contributed by atoms with Gasteiger partial charge in [-0.1, -0.05) is 6.92 Å². The van der Waals surface area contributed by atoms with Crippen LogP contribution in [-0.2, 0) is 6.42 Å². The molecule has 1 aromatic rings. The van der Waals surface area contributed by atoms with E-state index in [0.29, 0.717) is 5.75 Å². The van der Waals surface area contributed by atoms with Crippen molar-refractivity contribution in [3.63, 3.8) is 0 Å². The second-order valence-electron chi connectivity index (χ2n) is 5.05. The third-order valence-corrected chi connectivity index (χ3v) is 3.80. The number of nitro groups is 1. The summed E-state index contributed by atoms with van der Waals surface area (Å²) in [5.74, 6) is 0.334. The molecule has 1 aliphatic rings. The van der Waals surface area contributed by atoms with Crippen LogP contribution in [0, 0.1) is 10.1 Å². The summed E-state index contributed by atoms with van der Waals surface area (Å²) in [6, 6.07) is 3.45. The lowest BCUT2D eigenvalue weighted by molar-refractivity contribution is -0.385. The summed E-state index contributed by atoms with van der Waals surface area (Å²) >= 11 is 0. The molecule has 0 bridgehead atoms. The number of rotatable bonds is 4.